The Bertz CT molecular complexity index is 887. The van der Waals surface area contributed by atoms with Crippen LogP contribution in [0.4, 0.5) is 15.9 Å². The lowest BCUT2D eigenvalue weighted by molar-refractivity contribution is -0.116. The van der Waals surface area contributed by atoms with E-state index in [9.17, 15) is 9.18 Å². The van der Waals surface area contributed by atoms with E-state index in [0.717, 1.165) is 5.56 Å². The molecule has 0 aliphatic rings. The van der Waals surface area contributed by atoms with Crippen molar-refractivity contribution in [3.05, 3.63) is 84.1 Å². The van der Waals surface area contributed by atoms with Gasteiger partial charge in [-0.1, -0.05) is 55.5 Å². The van der Waals surface area contributed by atoms with Gasteiger partial charge >= 0.3 is 0 Å². The van der Waals surface area contributed by atoms with Crippen molar-refractivity contribution in [1.29, 1.82) is 0 Å². The Balaban J connectivity index is 1.84. The van der Waals surface area contributed by atoms with Crippen LogP contribution in [0.3, 0.4) is 0 Å². The predicted octanol–water partition coefficient (Wildman–Crippen LogP) is 3.84. The maximum atomic E-state index is 14.5. The van der Waals surface area contributed by atoms with Gasteiger partial charge < -0.3 is 10.6 Å². The Labute approximate surface area is 157 Å². The smallest absolute Gasteiger partial charge is 0.247 e. The molecule has 27 heavy (non-hydrogen) atoms. The minimum Gasteiger partial charge on any atom is -0.356 e. The maximum Gasteiger partial charge on any atom is 0.247 e. The molecule has 138 valence electrons. The summed E-state index contributed by atoms with van der Waals surface area (Å²) < 4.78 is 14.5. The van der Waals surface area contributed by atoms with E-state index >= 15 is 0 Å². The van der Waals surface area contributed by atoms with E-state index in [1.54, 1.807) is 12.1 Å². The van der Waals surface area contributed by atoms with Crippen molar-refractivity contribution in [2.24, 2.45) is 0 Å². The molecule has 0 radical (unpaired) electrons. The minimum absolute atomic E-state index is 0.0333. The standard InChI is InChI=1S/C21H21FN4O/c1-2-17-19(22)20(24-14-23-17)26-18(13-15-9-5-3-6-10-15)21(27)25-16-11-7-4-8-12-16/h3-12,14,18H,2,13H2,1H3,(H,25,27)(H,23,24,26)/t18-/m1/s1. The molecule has 0 bridgehead atoms. The summed E-state index contributed by atoms with van der Waals surface area (Å²) in [6, 6.07) is 18.0. The molecule has 2 aromatic carbocycles. The first-order chi connectivity index (χ1) is 13.2. The van der Waals surface area contributed by atoms with Crippen LogP contribution < -0.4 is 10.6 Å². The van der Waals surface area contributed by atoms with Gasteiger partial charge in [0, 0.05) is 12.1 Å². The largest absolute Gasteiger partial charge is 0.356 e. The zero-order chi connectivity index (χ0) is 19.1. The summed E-state index contributed by atoms with van der Waals surface area (Å²) in [6.07, 6.45) is 2.14. The molecule has 0 aliphatic heterocycles. The summed E-state index contributed by atoms with van der Waals surface area (Å²) in [5.41, 5.74) is 1.96. The van der Waals surface area contributed by atoms with Crippen LogP contribution >= 0.6 is 0 Å². The monoisotopic (exact) mass is 364 g/mol. The highest BCUT2D eigenvalue weighted by Gasteiger charge is 2.22. The van der Waals surface area contributed by atoms with Crippen LogP contribution in [-0.4, -0.2) is 21.9 Å². The van der Waals surface area contributed by atoms with Crippen LogP contribution in [0.25, 0.3) is 0 Å². The number of benzene rings is 2. The van der Waals surface area contributed by atoms with Gasteiger partial charge in [0.15, 0.2) is 11.6 Å². The van der Waals surface area contributed by atoms with E-state index in [1.807, 2.05) is 55.5 Å². The number of anilines is 2. The fourth-order valence-electron chi connectivity index (χ4n) is 2.73. The SMILES string of the molecule is CCc1ncnc(N[C@H](Cc2ccccc2)C(=O)Nc2ccccc2)c1F. The third-order valence-electron chi connectivity index (χ3n) is 4.15. The summed E-state index contributed by atoms with van der Waals surface area (Å²) in [7, 11) is 0. The molecule has 5 nitrogen and oxygen atoms in total. The fourth-order valence-corrected chi connectivity index (χ4v) is 2.73. The number of carbonyl (C=O) groups excluding carboxylic acids is 1. The molecular weight excluding hydrogens is 343 g/mol. The number of halogens is 1. The average Bonchev–Trinajstić information content (AvgIpc) is 2.70. The summed E-state index contributed by atoms with van der Waals surface area (Å²) >= 11 is 0. The van der Waals surface area contributed by atoms with Crippen molar-refractivity contribution in [1.82, 2.24) is 9.97 Å². The van der Waals surface area contributed by atoms with E-state index in [4.69, 9.17) is 0 Å². The van der Waals surface area contributed by atoms with E-state index in [0.29, 0.717) is 24.2 Å². The molecule has 1 atom stereocenters. The van der Waals surface area contributed by atoms with Crippen LogP contribution in [0.1, 0.15) is 18.2 Å². The Hall–Kier alpha value is -3.28. The highest BCUT2D eigenvalue weighted by molar-refractivity contribution is 5.96. The molecule has 1 heterocycles. The zero-order valence-electron chi connectivity index (χ0n) is 15.0. The number of aromatic nitrogens is 2. The number of rotatable bonds is 7. The molecule has 0 aliphatic carbocycles. The van der Waals surface area contributed by atoms with Crippen LogP contribution in [-0.2, 0) is 17.6 Å². The quantitative estimate of drug-likeness (QED) is 0.668. The first kappa shape index (κ1) is 18.5. The van der Waals surface area contributed by atoms with Crippen molar-refractivity contribution in [3.8, 4) is 0 Å². The van der Waals surface area contributed by atoms with Gasteiger partial charge in [-0.05, 0) is 24.1 Å². The molecule has 3 rings (SSSR count). The molecular formula is C21H21FN4O. The average molecular weight is 364 g/mol. The van der Waals surface area contributed by atoms with Crippen molar-refractivity contribution >= 4 is 17.4 Å². The Kier molecular flexibility index (Phi) is 6.10. The van der Waals surface area contributed by atoms with Gasteiger partial charge in [-0.25, -0.2) is 14.4 Å². The number of nitrogens with zero attached hydrogens (tertiary/aromatic N) is 2. The Morgan fingerprint density at radius 1 is 1.04 bits per heavy atom. The molecule has 0 spiro atoms. The van der Waals surface area contributed by atoms with Gasteiger partial charge in [0.2, 0.25) is 5.91 Å². The summed E-state index contributed by atoms with van der Waals surface area (Å²) in [5, 5.41) is 5.82. The summed E-state index contributed by atoms with van der Waals surface area (Å²) in [4.78, 5) is 20.8. The molecule has 1 aromatic heterocycles. The molecule has 0 saturated heterocycles. The van der Waals surface area contributed by atoms with Gasteiger partial charge in [0.05, 0.1) is 5.69 Å². The topological polar surface area (TPSA) is 66.9 Å². The first-order valence-electron chi connectivity index (χ1n) is 8.83. The Morgan fingerprint density at radius 3 is 2.37 bits per heavy atom. The number of para-hydroxylation sites is 1. The Morgan fingerprint density at radius 2 is 1.70 bits per heavy atom. The molecule has 0 unspecified atom stereocenters. The van der Waals surface area contributed by atoms with E-state index in [1.165, 1.54) is 6.33 Å². The van der Waals surface area contributed by atoms with Gasteiger partial charge in [0.25, 0.3) is 0 Å². The molecule has 0 saturated carbocycles. The zero-order valence-corrected chi connectivity index (χ0v) is 15.0. The summed E-state index contributed by atoms with van der Waals surface area (Å²) in [6.45, 7) is 1.82. The van der Waals surface area contributed by atoms with E-state index < -0.39 is 11.9 Å². The van der Waals surface area contributed by atoms with Crippen LogP contribution in [0.2, 0.25) is 0 Å². The number of aryl methyl sites for hydroxylation is 1. The van der Waals surface area contributed by atoms with Gasteiger partial charge in [0.1, 0.15) is 12.4 Å². The maximum absolute atomic E-state index is 14.5. The van der Waals surface area contributed by atoms with Gasteiger partial charge in [-0.15, -0.1) is 0 Å². The van der Waals surface area contributed by atoms with Crippen molar-refractivity contribution in [2.75, 3.05) is 10.6 Å². The van der Waals surface area contributed by atoms with Crippen molar-refractivity contribution in [2.45, 2.75) is 25.8 Å². The number of carbonyl (C=O) groups is 1. The third kappa shape index (κ3) is 4.88. The highest BCUT2D eigenvalue weighted by atomic mass is 19.1. The second kappa shape index (κ2) is 8.89. The number of hydrogen-bond donors (Lipinski definition) is 2. The van der Waals surface area contributed by atoms with E-state index in [-0.39, 0.29) is 11.7 Å². The minimum atomic E-state index is -0.693. The summed E-state index contributed by atoms with van der Waals surface area (Å²) in [5.74, 6) is -0.752. The lowest BCUT2D eigenvalue weighted by Crippen LogP contribution is -2.37. The second-order valence-electron chi connectivity index (χ2n) is 6.08. The van der Waals surface area contributed by atoms with Gasteiger partial charge in [-0.3, -0.25) is 4.79 Å². The van der Waals surface area contributed by atoms with Crippen molar-refractivity contribution in [3.63, 3.8) is 0 Å². The van der Waals surface area contributed by atoms with Crippen LogP contribution in [0, 0.1) is 5.82 Å². The van der Waals surface area contributed by atoms with Crippen molar-refractivity contribution < 1.29 is 9.18 Å². The van der Waals surface area contributed by atoms with Gasteiger partial charge in [-0.2, -0.15) is 0 Å². The number of nitrogens with one attached hydrogen (secondary N) is 2. The molecule has 6 heteroatoms. The first-order valence-corrected chi connectivity index (χ1v) is 8.83. The van der Waals surface area contributed by atoms with Crippen LogP contribution in [0.15, 0.2) is 67.0 Å². The molecule has 0 fully saturated rings. The molecule has 2 N–H and O–H groups in total. The molecule has 1 amide bonds. The highest BCUT2D eigenvalue weighted by Crippen LogP contribution is 2.17. The van der Waals surface area contributed by atoms with E-state index in [2.05, 4.69) is 20.6 Å². The normalized spacial score (nSPS) is 11.6. The van der Waals surface area contributed by atoms with Crippen LogP contribution in [0.5, 0.6) is 0 Å². The lowest BCUT2D eigenvalue weighted by Gasteiger charge is -2.20. The fraction of sp³-hybridized carbons (Fsp3) is 0.190. The predicted molar refractivity (Wildman–Crippen MR) is 104 cm³/mol. The third-order valence-corrected chi connectivity index (χ3v) is 4.15. The second-order valence-corrected chi connectivity index (χ2v) is 6.08. The molecule has 3 aromatic rings. The lowest BCUT2D eigenvalue weighted by atomic mass is 10.0. The number of amides is 1. The number of hydrogen-bond acceptors (Lipinski definition) is 4.